The lowest BCUT2D eigenvalue weighted by atomic mass is 10.1. The summed E-state index contributed by atoms with van der Waals surface area (Å²) < 4.78 is 13.2. The molecule has 0 aliphatic carbocycles. The number of carbonyl (C=O) groups is 1. The predicted molar refractivity (Wildman–Crippen MR) is 76.2 cm³/mol. The Morgan fingerprint density at radius 3 is 2.40 bits per heavy atom. The minimum atomic E-state index is -0.842. The van der Waals surface area contributed by atoms with Crippen molar-refractivity contribution in [2.24, 2.45) is 0 Å². The van der Waals surface area contributed by atoms with Gasteiger partial charge in [-0.3, -0.25) is 4.79 Å². The Balaban J connectivity index is 1.98. The van der Waals surface area contributed by atoms with E-state index in [1.165, 1.54) is 12.1 Å². The fourth-order valence-corrected chi connectivity index (χ4v) is 1.99. The van der Waals surface area contributed by atoms with Gasteiger partial charge in [0.15, 0.2) is 0 Å². The van der Waals surface area contributed by atoms with Crippen molar-refractivity contribution in [1.82, 2.24) is 0 Å². The van der Waals surface area contributed by atoms with Crippen LogP contribution in [0.3, 0.4) is 0 Å². The van der Waals surface area contributed by atoms with E-state index in [2.05, 4.69) is 5.32 Å². The van der Waals surface area contributed by atoms with Crippen LogP contribution in [0.5, 0.6) is 0 Å². The molecule has 2 aromatic rings. The highest BCUT2D eigenvalue weighted by atomic mass is 19.1. The Morgan fingerprint density at radius 1 is 1.15 bits per heavy atom. The molecule has 0 saturated carbocycles. The van der Waals surface area contributed by atoms with E-state index in [0.29, 0.717) is 6.54 Å². The van der Waals surface area contributed by atoms with Gasteiger partial charge in [0.2, 0.25) is 0 Å². The number of aliphatic carboxylic acids is 1. The standard InChI is InChI=1S/C16H16FNO2/c1-11-6-14(17)9-15(7-11)18-10-13-4-2-12(3-5-13)8-16(19)20/h2-7,9,18H,8,10H2,1H3,(H,19,20). The first-order valence-electron chi connectivity index (χ1n) is 6.33. The molecular weight excluding hydrogens is 257 g/mol. The monoisotopic (exact) mass is 273 g/mol. The first-order chi connectivity index (χ1) is 9.52. The lowest BCUT2D eigenvalue weighted by molar-refractivity contribution is -0.136. The first kappa shape index (κ1) is 14.1. The van der Waals surface area contributed by atoms with Crippen LogP contribution in [0.15, 0.2) is 42.5 Å². The Morgan fingerprint density at radius 2 is 1.80 bits per heavy atom. The fourth-order valence-electron chi connectivity index (χ4n) is 1.99. The molecule has 4 heteroatoms. The molecule has 0 unspecified atom stereocenters. The molecule has 0 aliphatic rings. The van der Waals surface area contributed by atoms with Crippen molar-refractivity contribution in [1.29, 1.82) is 0 Å². The van der Waals surface area contributed by atoms with Gasteiger partial charge in [-0.1, -0.05) is 24.3 Å². The number of hydrogen-bond acceptors (Lipinski definition) is 2. The second-order valence-electron chi connectivity index (χ2n) is 4.76. The molecule has 0 radical (unpaired) electrons. The number of hydrogen-bond donors (Lipinski definition) is 2. The summed E-state index contributed by atoms with van der Waals surface area (Å²) in [5.74, 6) is -1.10. The van der Waals surface area contributed by atoms with Crippen LogP contribution in [0.1, 0.15) is 16.7 Å². The minimum absolute atomic E-state index is 0.0246. The molecule has 0 heterocycles. The zero-order valence-electron chi connectivity index (χ0n) is 11.2. The zero-order chi connectivity index (χ0) is 14.5. The molecule has 20 heavy (non-hydrogen) atoms. The summed E-state index contributed by atoms with van der Waals surface area (Å²) in [5.41, 5.74) is 3.38. The lowest BCUT2D eigenvalue weighted by Gasteiger charge is -2.08. The topological polar surface area (TPSA) is 49.3 Å². The van der Waals surface area contributed by atoms with E-state index in [1.807, 2.05) is 25.1 Å². The molecule has 0 spiro atoms. The molecule has 104 valence electrons. The molecule has 2 N–H and O–H groups in total. The third-order valence-corrected chi connectivity index (χ3v) is 2.92. The van der Waals surface area contributed by atoms with Crippen molar-refractivity contribution in [2.75, 3.05) is 5.32 Å². The number of rotatable bonds is 5. The quantitative estimate of drug-likeness (QED) is 0.878. The van der Waals surface area contributed by atoms with E-state index in [-0.39, 0.29) is 12.2 Å². The van der Waals surface area contributed by atoms with Gasteiger partial charge in [-0.15, -0.1) is 0 Å². The van der Waals surface area contributed by atoms with Crippen LogP contribution in [0.2, 0.25) is 0 Å². The highest BCUT2D eigenvalue weighted by molar-refractivity contribution is 5.70. The summed E-state index contributed by atoms with van der Waals surface area (Å²) in [5, 5.41) is 11.8. The van der Waals surface area contributed by atoms with Crippen LogP contribution in [0.4, 0.5) is 10.1 Å². The average molecular weight is 273 g/mol. The molecule has 0 saturated heterocycles. The van der Waals surface area contributed by atoms with Crippen LogP contribution in [0.25, 0.3) is 0 Å². The Labute approximate surface area is 117 Å². The zero-order valence-corrected chi connectivity index (χ0v) is 11.2. The second-order valence-corrected chi connectivity index (χ2v) is 4.76. The number of benzene rings is 2. The SMILES string of the molecule is Cc1cc(F)cc(NCc2ccc(CC(=O)O)cc2)c1. The molecule has 0 aromatic heterocycles. The van der Waals surface area contributed by atoms with Gasteiger partial charge >= 0.3 is 5.97 Å². The predicted octanol–water partition coefficient (Wildman–Crippen LogP) is 3.37. The number of carboxylic acid groups (broad SMARTS) is 1. The third-order valence-electron chi connectivity index (χ3n) is 2.92. The van der Waals surface area contributed by atoms with Gasteiger partial charge in [-0.25, -0.2) is 4.39 Å². The molecule has 0 amide bonds. The largest absolute Gasteiger partial charge is 0.481 e. The van der Waals surface area contributed by atoms with Gasteiger partial charge in [0.1, 0.15) is 5.82 Å². The highest BCUT2D eigenvalue weighted by Gasteiger charge is 2.01. The van der Waals surface area contributed by atoms with Crippen LogP contribution >= 0.6 is 0 Å². The van der Waals surface area contributed by atoms with E-state index in [4.69, 9.17) is 5.11 Å². The van der Waals surface area contributed by atoms with Crippen LogP contribution in [0, 0.1) is 12.7 Å². The maximum Gasteiger partial charge on any atom is 0.307 e. The number of nitrogens with one attached hydrogen (secondary N) is 1. The third kappa shape index (κ3) is 4.09. The summed E-state index contributed by atoms with van der Waals surface area (Å²) in [6.07, 6.45) is 0.0246. The van der Waals surface area contributed by atoms with Gasteiger partial charge < -0.3 is 10.4 Å². The Hall–Kier alpha value is -2.36. The summed E-state index contributed by atoms with van der Waals surface area (Å²) >= 11 is 0. The summed E-state index contributed by atoms with van der Waals surface area (Å²) in [4.78, 5) is 10.6. The van der Waals surface area contributed by atoms with Gasteiger partial charge in [0, 0.05) is 12.2 Å². The molecule has 2 rings (SSSR count). The molecule has 0 atom stereocenters. The molecule has 3 nitrogen and oxygen atoms in total. The minimum Gasteiger partial charge on any atom is -0.481 e. The lowest BCUT2D eigenvalue weighted by Crippen LogP contribution is -2.02. The molecule has 0 aliphatic heterocycles. The number of halogens is 1. The maximum atomic E-state index is 13.2. The number of anilines is 1. The van der Waals surface area contributed by atoms with Crippen molar-refractivity contribution >= 4 is 11.7 Å². The van der Waals surface area contributed by atoms with Crippen molar-refractivity contribution in [3.8, 4) is 0 Å². The molecule has 0 fully saturated rings. The van der Waals surface area contributed by atoms with Crippen LogP contribution < -0.4 is 5.32 Å². The highest BCUT2D eigenvalue weighted by Crippen LogP contribution is 2.15. The van der Waals surface area contributed by atoms with Gasteiger partial charge in [-0.05, 0) is 41.8 Å². The van der Waals surface area contributed by atoms with E-state index in [9.17, 15) is 9.18 Å². The van der Waals surface area contributed by atoms with E-state index < -0.39 is 5.97 Å². The summed E-state index contributed by atoms with van der Waals surface area (Å²) in [6.45, 7) is 2.41. The first-order valence-corrected chi connectivity index (χ1v) is 6.33. The number of aryl methyl sites for hydroxylation is 1. The van der Waals surface area contributed by atoms with Crippen LogP contribution in [-0.2, 0) is 17.8 Å². The van der Waals surface area contributed by atoms with Crippen molar-refractivity contribution < 1.29 is 14.3 Å². The molecule has 2 aromatic carbocycles. The van der Waals surface area contributed by atoms with Crippen molar-refractivity contribution in [3.63, 3.8) is 0 Å². The smallest absolute Gasteiger partial charge is 0.307 e. The van der Waals surface area contributed by atoms with Gasteiger partial charge in [-0.2, -0.15) is 0 Å². The van der Waals surface area contributed by atoms with Crippen molar-refractivity contribution in [2.45, 2.75) is 19.9 Å². The Bertz CT molecular complexity index is 588. The summed E-state index contributed by atoms with van der Waals surface area (Å²) in [7, 11) is 0. The maximum absolute atomic E-state index is 13.2. The fraction of sp³-hybridized carbons (Fsp3) is 0.188. The van der Waals surface area contributed by atoms with Crippen LogP contribution in [-0.4, -0.2) is 11.1 Å². The molecular formula is C16H16FNO2. The van der Waals surface area contributed by atoms with Crippen molar-refractivity contribution in [3.05, 3.63) is 65.0 Å². The van der Waals surface area contributed by atoms with E-state index >= 15 is 0 Å². The second kappa shape index (κ2) is 6.19. The van der Waals surface area contributed by atoms with Gasteiger partial charge in [0.25, 0.3) is 0 Å². The van der Waals surface area contributed by atoms with E-state index in [1.54, 1.807) is 12.1 Å². The van der Waals surface area contributed by atoms with E-state index in [0.717, 1.165) is 22.4 Å². The summed E-state index contributed by atoms with van der Waals surface area (Å²) in [6, 6.07) is 12.1. The Kier molecular flexibility index (Phi) is 4.35. The van der Waals surface area contributed by atoms with Gasteiger partial charge in [0.05, 0.1) is 6.42 Å². The average Bonchev–Trinajstić information content (AvgIpc) is 2.36. The number of carboxylic acids is 1. The normalized spacial score (nSPS) is 10.3. The molecule has 0 bridgehead atoms.